The van der Waals surface area contributed by atoms with Crippen LogP contribution in [0.3, 0.4) is 0 Å². The highest BCUT2D eigenvalue weighted by atomic mass is 19.1. The van der Waals surface area contributed by atoms with Gasteiger partial charge in [-0.15, -0.1) is 0 Å². The van der Waals surface area contributed by atoms with Crippen LogP contribution in [0, 0.1) is 18.6 Å². The van der Waals surface area contributed by atoms with E-state index in [1.807, 2.05) is 27.9 Å². The van der Waals surface area contributed by atoms with Crippen LogP contribution >= 0.6 is 0 Å². The molecule has 0 saturated carbocycles. The van der Waals surface area contributed by atoms with E-state index in [0.717, 1.165) is 48.5 Å². The largest absolute Gasteiger partial charge is 0.354 e. The number of hydrogen-bond acceptors (Lipinski definition) is 6. The van der Waals surface area contributed by atoms with Crippen molar-refractivity contribution in [3.63, 3.8) is 0 Å². The van der Waals surface area contributed by atoms with Crippen molar-refractivity contribution in [3.8, 4) is 11.3 Å². The number of aromatic nitrogens is 2. The Morgan fingerprint density at radius 1 is 1.15 bits per heavy atom. The van der Waals surface area contributed by atoms with E-state index in [0.29, 0.717) is 35.5 Å². The molecule has 0 aliphatic carbocycles. The van der Waals surface area contributed by atoms with Gasteiger partial charge in [-0.25, -0.2) is 23.5 Å². The van der Waals surface area contributed by atoms with Gasteiger partial charge in [-0.2, -0.15) is 4.98 Å². The van der Waals surface area contributed by atoms with E-state index in [1.165, 1.54) is 6.07 Å². The first kappa shape index (κ1) is 28.9. The molecule has 1 aromatic heterocycles. The lowest BCUT2D eigenvalue weighted by Gasteiger charge is -2.31. The number of carbonyl (C=O) groups excluding carboxylic acids is 2. The number of hydrogen-bond donors (Lipinski definition) is 3. The Balaban J connectivity index is 1.85. The molecular weight excluding hydrogens is 515 g/mol. The average molecular weight is 549 g/mol. The van der Waals surface area contributed by atoms with E-state index in [9.17, 15) is 18.4 Å². The molecule has 1 aliphatic rings. The molecule has 0 fully saturated rings. The summed E-state index contributed by atoms with van der Waals surface area (Å²) >= 11 is 0. The Hall–Kier alpha value is -4.06. The first-order valence-electron chi connectivity index (χ1n) is 13.5. The maximum atomic E-state index is 14.9. The van der Waals surface area contributed by atoms with Crippen molar-refractivity contribution in [2.75, 3.05) is 36.4 Å². The molecule has 40 heavy (non-hydrogen) atoms. The molecule has 3 aromatic rings. The van der Waals surface area contributed by atoms with Crippen LogP contribution in [-0.4, -0.2) is 60.9 Å². The highest BCUT2D eigenvalue weighted by molar-refractivity contribution is 6.04. The van der Waals surface area contributed by atoms with Crippen LogP contribution in [0.1, 0.15) is 48.2 Å². The molecule has 0 atom stereocenters. The van der Waals surface area contributed by atoms with Gasteiger partial charge in [0, 0.05) is 29.8 Å². The summed E-state index contributed by atoms with van der Waals surface area (Å²) < 4.78 is 29.8. The normalized spacial score (nSPS) is 12.8. The van der Waals surface area contributed by atoms with Crippen molar-refractivity contribution < 1.29 is 18.4 Å². The third-order valence-electron chi connectivity index (χ3n) is 6.81. The Morgan fingerprint density at radius 2 is 1.90 bits per heavy atom. The van der Waals surface area contributed by atoms with E-state index >= 15 is 0 Å². The zero-order chi connectivity index (χ0) is 28.8. The number of benzene rings is 2. The number of halogens is 2. The Morgan fingerprint density at radius 3 is 2.60 bits per heavy atom. The SMILES string of the molecule is BN(CC)CCCNc1nc(-c2cc(C(=O)NCCC)ccc2C)c2c(n1)N(c1c(F)cccc1F)C(=O)NC2. The number of nitrogens with one attached hydrogen (secondary N) is 3. The number of carbonyl (C=O) groups is 2. The number of nitrogens with zero attached hydrogens (tertiary/aromatic N) is 4. The molecule has 9 nitrogen and oxygen atoms in total. The summed E-state index contributed by atoms with van der Waals surface area (Å²) in [7, 11) is 2.03. The molecule has 0 saturated heterocycles. The third kappa shape index (κ3) is 6.22. The third-order valence-corrected chi connectivity index (χ3v) is 6.81. The van der Waals surface area contributed by atoms with Gasteiger partial charge in [0.05, 0.1) is 12.2 Å². The fourth-order valence-electron chi connectivity index (χ4n) is 4.44. The molecule has 1 aliphatic heterocycles. The highest BCUT2D eigenvalue weighted by Crippen LogP contribution is 2.39. The molecule has 0 unspecified atom stereocenters. The van der Waals surface area contributed by atoms with Crippen LogP contribution in [-0.2, 0) is 6.54 Å². The van der Waals surface area contributed by atoms with Crippen molar-refractivity contribution in [3.05, 3.63) is 64.7 Å². The van der Waals surface area contributed by atoms with E-state index in [-0.39, 0.29) is 24.2 Å². The van der Waals surface area contributed by atoms with Crippen LogP contribution in [0.5, 0.6) is 0 Å². The zero-order valence-electron chi connectivity index (χ0n) is 23.3. The number of urea groups is 1. The number of rotatable bonds is 11. The maximum Gasteiger partial charge on any atom is 0.328 e. The van der Waals surface area contributed by atoms with Gasteiger partial charge in [-0.05, 0) is 62.7 Å². The van der Waals surface area contributed by atoms with Crippen molar-refractivity contribution in [1.29, 1.82) is 0 Å². The second kappa shape index (κ2) is 12.9. The zero-order valence-corrected chi connectivity index (χ0v) is 23.3. The van der Waals surface area contributed by atoms with Gasteiger partial charge in [-0.3, -0.25) is 4.79 Å². The predicted octanol–water partition coefficient (Wildman–Crippen LogP) is 3.90. The smallest absolute Gasteiger partial charge is 0.328 e. The number of anilines is 3. The summed E-state index contributed by atoms with van der Waals surface area (Å²) in [6.45, 7) is 8.84. The van der Waals surface area contributed by atoms with E-state index in [4.69, 9.17) is 4.98 Å². The topological polar surface area (TPSA) is 102 Å². The summed E-state index contributed by atoms with van der Waals surface area (Å²) in [4.78, 5) is 38.2. The van der Waals surface area contributed by atoms with Crippen molar-refractivity contribution in [2.24, 2.45) is 0 Å². The molecule has 0 spiro atoms. The van der Waals surface area contributed by atoms with Gasteiger partial charge in [0.1, 0.15) is 17.3 Å². The van der Waals surface area contributed by atoms with Crippen molar-refractivity contribution >= 4 is 37.4 Å². The number of para-hydroxylation sites is 1. The average Bonchev–Trinajstić information content (AvgIpc) is 2.94. The first-order chi connectivity index (χ1) is 19.2. The molecule has 210 valence electrons. The molecule has 12 heteroatoms. The second-order valence-electron chi connectivity index (χ2n) is 9.72. The Labute approximate surface area is 233 Å². The van der Waals surface area contributed by atoms with Gasteiger partial charge in [0.25, 0.3) is 5.91 Å². The fourth-order valence-corrected chi connectivity index (χ4v) is 4.44. The lowest BCUT2D eigenvalue weighted by Crippen LogP contribution is -2.43. The van der Waals surface area contributed by atoms with Gasteiger partial charge >= 0.3 is 6.03 Å². The van der Waals surface area contributed by atoms with Crippen LogP contribution in [0.4, 0.5) is 31.0 Å². The van der Waals surface area contributed by atoms with Crippen molar-refractivity contribution in [2.45, 2.75) is 40.2 Å². The lowest BCUT2D eigenvalue weighted by atomic mass is 9.97. The summed E-state index contributed by atoms with van der Waals surface area (Å²) in [5.41, 5.74) is 2.36. The van der Waals surface area contributed by atoms with Gasteiger partial charge in [0.15, 0.2) is 13.8 Å². The van der Waals surface area contributed by atoms with Crippen molar-refractivity contribution in [1.82, 2.24) is 25.4 Å². The standard InChI is InChI=1S/C28H34BF2N7O2/c1-4-12-32-26(39)18-11-10-17(3)19(15-18)23-20-16-34-28(40)38(24-21(30)8-6-9-22(24)31)25(20)36-27(35-23)33-13-7-14-37(29)5-2/h6,8-11,15H,4-5,7,12-14,16,29H2,1-3H3,(H,32,39)(H,34,40)(H,33,35,36). The predicted molar refractivity (Wildman–Crippen MR) is 154 cm³/mol. The summed E-state index contributed by atoms with van der Waals surface area (Å²) in [6, 6.07) is 8.02. The summed E-state index contributed by atoms with van der Waals surface area (Å²) in [5.74, 6) is -1.72. The second-order valence-corrected chi connectivity index (χ2v) is 9.72. The Bertz CT molecular complexity index is 1390. The molecule has 0 radical (unpaired) electrons. The molecule has 2 aromatic carbocycles. The minimum atomic E-state index is -0.897. The van der Waals surface area contributed by atoms with Gasteiger partial charge < -0.3 is 20.8 Å². The van der Waals surface area contributed by atoms with Gasteiger partial charge in [0.2, 0.25) is 5.95 Å². The first-order valence-corrected chi connectivity index (χ1v) is 13.5. The fraction of sp³-hybridized carbons (Fsp3) is 0.357. The monoisotopic (exact) mass is 549 g/mol. The maximum absolute atomic E-state index is 14.9. The van der Waals surface area contributed by atoms with Crippen LogP contribution in [0.25, 0.3) is 11.3 Å². The van der Waals surface area contributed by atoms with E-state index < -0.39 is 23.4 Å². The number of fused-ring (bicyclic) bond motifs is 1. The molecule has 3 amide bonds. The molecule has 2 heterocycles. The minimum absolute atomic E-state index is 0.0450. The minimum Gasteiger partial charge on any atom is -0.354 e. The lowest BCUT2D eigenvalue weighted by molar-refractivity contribution is 0.0953. The number of amides is 3. The quantitative estimate of drug-likeness (QED) is 0.248. The molecule has 0 bridgehead atoms. The molecule has 3 N–H and O–H groups in total. The van der Waals surface area contributed by atoms with E-state index in [1.54, 1.807) is 12.1 Å². The summed E-state index contributed by atoms with van der Waals surface area (Å²) in [6.07, 6.45) is 1.60. The van der Waals surface area contributed by atoms with Crippen LogP contribution in [0.15, 0.2) is 36.4 Å². The van der Waals surface area contributed by atoms with Gasteiger partial charge in [-0.1, -0.05) is 26.0 Å². The van der Waals surface area contributed by atoms with Crippen LogP contribution < -0.4 is 20.9 Å². The van der Waals surface area contributed by atoms with E-state index in [2.05, 4.69) is 32.7 Å². The summed E-state index contributed by atoms with van der Waals surface area (Å²) in [5, 5.41) is 8.79. The molecule has 4 rings (SSSR count). The number of aryl methyl sites for hydroxylation is 1. The molecular formula is C28H34BF2N7O2. The van der Waals surface area contributed by atoms with Crippen LogP contribution in [0.2, 0.25) is 0 Å². The highest BCUT2D eigenvalue weighted by Gasteiger charge is 2.34. The Kier molecular flexibility index (Phi) is 9.31.